The molecule has 0 bridgehead atoms. The van der Waals surface area contributed by atoms with Crippen LogP contribution in [0.15, 0.2) is 33.3 Å². The second kappa shape index (κ2) is 5.82. The van der Waals surface area contributed by atoms with Gasteiger partial charge in [-0.3, -0.25) is 19.1 Å². The normalized spacial score (nSPS) is 20.7. The number of aliphatic hydroxyl groups is 1. The van der Waals surface area contributed by atoms with Crippen molar-refractivity contribution in [2.24, 2.45) is 5.73 Å². The maximum Gasteiger partial charge on any atom is 0.328 e. The van der Waals surface area contributed by atoms with Crippen LogP contribution < -0.4 is 17.0 Å². The van der Waals surface area contributed by atoms with Crippen molar-refractivity contribution in [3.8, 4) is 0 Å². The van der Waals surface area contributed by atoms with Crippen LogP contribution in [0, 0.1) is 0 Å². The van der Waals surface area contributed by atoms with Gasteiger partial charge in [0.1, 0.15) is 18.4 Å². The predicted octanol–water partition coefficient (Wildman–Crippen LogP) is -0.935. The third-order valence-electron chi connectivity index (χ3n) is 3.27. The fourth-order valence-electron chi connectivity index (χ4n) is 2.15. The number of aliphatic hydroxyl groups excluding tert-OH is 1. The first-order valence-corrected chi connectivity index (χ1v) is 7.43. The number of carbonyl (C=O) groups excluding carboxylic acids is 1. The lowest BCUT2D eigenvalue weighted by atomic mass is 10.1. The summed E-state index contributed by atoms with van der Waals surface area (Å²) in [6.45, 7) is -0.0620. The minimum absolute atomic E-state index is 0.0620. The van der Waals surface area contributed by atoms with Crippen molar-refractivity contribution in [2.75, 3.05) is 6.61 Å². The maximum absolute atomic E-state index is 11.9. The molecule has 3 rings (SSSR count). The van der Waals surface area contributed by atoms with E-state index in [2.05, 4.69) is 9.97 Å². The number of nitrogens with two attached hydrogens (primary N) is 1. The zero-order valence-corrected chi connectivity index (χ0v) is 12.4. The number of H-pyrrole nitrogens is 1. The van der Waals surface area contributed by atoms with Crippen LogP contribution in [0.2, 0.25) is 0 Å². The van der Waals surface area contributed by atoms with Crippen molar-refractivity contribution in [1.29, 1.82) is 0 Å². The Morgan fingerprint density at radius 1 is 1.52 bits per heavy atom. The van der Waals surface area contributed by atoms with Crippen molar-refractivity contribution in [1.82, 2.24) is 14.5 Å². The molecule has 4 N–H and O–H groups in total. The molecule has 0 aliphatic carbocycles. The van der Waals surface area contributed by atoms with Crippen molar-refractivity contribution in [2.45, 2.75) is 12.1 Å². The molecule has 2 aromatic heterocycles. The maximum atomic E-state index is 11.9. The topological polar surface area (TPSA) is 140 Å². The molecule has 0 saturated heterocycles. The Labute approximate surface area is 132 Å². The van der Waals surface area contributed by atoms with Crippen LogP contribution in [0.25, 0.3) is 5.76 Å². The van der Waals surface area contributed by atoms with E-state index < -0.39 is 29.3 Å². The van der Waals surface area contributed by atoms with Gasteiger partial charge in [-0.2, -0.15) is 0 Å². The first-order chi connectivity index (χ1) is 11.0. The number of aromatic nitrogens is 3. The number of ether oxygens (including phenoxy) is 1. The lowest BCUT2D eigenvalue weighted by Crippen LogP contribution is -2.39. The monoisotopic (exact) mass is 336 g/mol. The van der Waals surface area contributed by atoms with E-state index in [9.17, 15) is 19.5 Å². The van der Waals surface area contributed by atoms with Gasteiger partial charge >= 0.3 is 5.69 Å². The lowest BCUT2D eigenvalue weighted by molar-refractivity contribution is 0.0506. The van der Waals surface area contributed by atoms with Crippen LogP contribution in [-0.4, -0.2) is 38.3 Å². The van der Waals surface area contributed by atoms with E-state index in [1.165, 1.54) is 28.3 Å². The molecule has 1 aliphatic rings. The summed E-state index contributed by atoms with van der Waals surface area (Å²) in [4.78, 5) is 40.3. The van der Waals surface area contributed by atoms with E-state index in [0.717, 1.165) is 11.3 Å². The molecule has 23 heavy (non-hydrogen) atoms. The molecule has 2 atom stereocenters. The van der Waals surface area contributed by atoms with Gasteiger partial charge in [-0.1, -0.05) is 0 Å². The summed E-state index contributed by atoms with van der Waals surface area (Å²) in [6.07, 6.45) is 1.83. The third-order valence-corrected chi connectivity index (χ3v) is 4.12. The minimum Gasteiger partial charge on any atom is -0.488 e. The van der Waals surface area contributed by atoms with Gasteiger partial charge in [0.2, 0.25) is 0 Å². The van der Waals surface area contributed by atoms with E-state index in [0.29, 0.717) is 10.8 Å². The number of hydrogen-bond acceptors (Lipinski definition) is 7. The van der Waals surface area contributed by atoms with Crippen molar-refractivity contribution >= 4 is 23.0 Å². The fourth-order valence-corrected chi connectivity index (χ4v) is 2.94. The molecule has 0 spiro atoms. The van der Waals surface area contributed by atoms with Gasteiger partial charge in [-0.05, 0) is 6.08 Å². The van der Waals surface area contributed by atoms with E-state index >= 15 is 0 Å². The SMILES string of the molecule is NC(=O)c1csc(C2=C[C@@H](n3ccc(=O)[nH]c3=O)[C@H](O)CO2)n1. The first-order valence-electron chi connectivity index (χ1n) is 6.55. The lowest BCUT2D eigenvalue weighted by Gasteiger charge is -2.27. The second-order valence-corrected chi connectivity index (χ2v) is 5.68. The van der Waals surface area contributed by atoms with Gasteiger partial charge in [-0.15, -0.1) is 11.3 Å². The molecule has 0 fully saturated rings. The fraction of sp³-hybridized carbons (Fsp3) is 0.231. The molecule has 120 valence electrons. The summed E-state index contributed by atoms with van der Waals surface area (Å²) in [5, 5.41) is 12.0. The standard InChI is InChI=1S/C13H12N4O5S/c14-11(20)6-5-23-12(15-6)9-3-7(8(18)4-22-9)17-2-1-10(19)16-13(17)21/h1-3,5,7-8,18H,4H2,(H2,14,20)(H,16,19,21)/t7-,8-/m1/s1. The molecule has 1 amide bonds. The molecular weight excluding hydrogens is 324 g/mol. The van der Waals surface area contributed by atoms with E-state index in [1.807, 2.05) is 0 Å². The quantitative estimate of drug-likeness (QED) is 0.661. The number of thiazole rings is 1. The van der Waals surface area contributed by atoms with Crippen molar-refractivity contribution in [3.05, 3.63) is 55.3 Å². The number of carbonyl (C=O) groups is 1. The highest BCUT2D eigenvalue weighted by atomic mass is 32.1. The summed E-state index contributed by atoms with van der Waals surface area (Å²) in [5.74, 6) is -0.326. The van der Waals surface area contributed by atoms with E-state index in [-0.39, 0.29) is 12.3 Å². The van der Waals surface area contributed by atoms with Crippen LogP contribution in [-0.2, 0) is 4.74 Å². The number of nitrogens with one attached hydrogen (secondary N) is 1. The summed E-state index contributed by atoms with van der Waals surface area (Å²) in [7, 11) is 0. The van der Waals surface area contributed by atoms with Crippen LogP contribution in [0.4, 0.5) is 0 Å². The average Bonchev–Trinajstić information content (AvgIpc) is 2.98. The van der Waals surface area contributed by atoms with E-state index in [1.54, 1.807) is 0 Å². The molecule has 3 heterocycles. The van der Waals surface area contributed by atoms with Gasteiger partial charge in [0.25, 0.3) is 11.5 Å². The Morgan fingerprint density at radius 3 is 2.96 bits per heavy atom. The molecule has 0 radical (unpaired) electrons. The summed E-state index contributed by atoms with van der Waals surface area (Å²) >= 11 is 1.16. The molecular formula is C13H12N4O5S. The van der Waals surface area contributed by atoms with Gasteiger partial charge < -0.3 is 15.6 Å². The van der Waals surface area contributed by atoms with Crippen molar-refractivity contribution < 1.29 is 14.6 Å². The van der Waals surface area contributed by atoms with Crippen LogP contribution in [0.3, 0.4) is 0 Å². The van der Waals surface area contributed by atoms with Crippen LogP contribution in [0.5, 0.6) is 0 Å². The highest BCUT2D eigenvalue weighted by Crippen LogP contribution is 2.29. The van der Waals surface area contributed by atoms with Crippen LogP contribution >= 0.6 is 11.3 Å². The molecule has 10 heteroatoms. The smallest absolute Gasteiger partial charge is 0.328 e. The number of aromatic amines is 1. The molecule has 2 aromatic rings. The molecule has 1 aliphatic heterocycles. The summed E-state index contributed by atoms with van der Waals surface area (Å²) in [5.41, 5.74) is 4.10. The number of primary amides is 1. The Morgan fingerprint density at radius 2 is 2.30 bits per heavy atom. The number of amides is 1. The summed E-state index contributed by atoms with van der Waals surface area (Å²) < 4.78 is 6.60. The first kappa shape index (κ1) is 15.2. The van der Waals surface area contributed by atoms with Gasteiger partial charge in [-0.25, -0.2) is 9.78 Å². The Bertz CT molecular complexity index is 896. The van der Waals surface area contributed by atoms with Gasteiger partial charge in [0.15, 0.2) is 10.8 Å². The predicted molar refractivity (Wildman–Crippen MR) is 80.9 cm³/mol. The van der Waals surface area contributed by atoms with Crippen molar-refractivity contribution in [3.63, 3.8) is 0 Å². The summed E-state index contributed by atoms with van der Waals surface area (Å²) in [6, 6.07) is 0.454. The zero-order chi connectivity index (χ0) is 16.6. The minimum atomic E-state index is -0.974. The van der Waals surface area contributed by atoms with Crippen LogP contribution in [0.1, 0.15) is 21.5 Å². The van der Waals surface area contributed by atoms with Gasteiger partial charge in [0, 0.05) is 17.6 Å². The zero-order valence-electron chi connectivity index (χ0n) is 11.6. The number of rotatable bonds is 3. The molecule has 0 unspecified atom stereocenters. The highest BCUT2D eigenvalue weighted by molar-refractivity contribution is 7.10. The molecule has 0 saturated carbocycles. The number of nitrogens with zero attached hydrogens (tertiary/aromatic N) is 2. The Kier molecular flexibility index (Phi) is 3.84. The van der Waals surface area contributed by atoms with E-state index in [4.69, 9.17) is 10.5 Å². The third kappa shape index (κ3) is 2.94. The Hall–Kier alpha value is -2.72. The second-order valence-electron chi connectivity index (χ2n) is 4.82. The Balaban J connectivity index is 2.00. The van der Waals surface area contributed by atoms with Gasteiger partial charge in [0.05, 0.1) is 6.04 Å². The molecule has 9 nitrogen and oxygen atoms in total. The largest absolute Gasteiger partial charge is 0.488 e. The number of hydrogen-bond donors (Lipinski definition) is 3. The molecule has 0 aromatic carbocycles. The average molecular weight is 336 g/mol. The highest BCUT2D eigenvalue weighted by Gasteiger charge is 2.28.